The molecule has 88 valence electrons. The van der Waals surface area contributed by atoms with E-state index in [4.69, 9.17) is 0 Å². The molecule has 1 aromatic rings. The fourth-order valence-corrected chi connectivity index (χ4v) is 2.47. The lowest BCUT2D eigenvalue weighted by molar-refractivity contribution is 0.266. The summed E-state index contributed by atoms with van der Waals surface area (Å²) in [7, 11) is -1.10. The molecule has 1 N–H and O–H groups in total. The van der Waals surface area contributed by atoms with Crippen molar-refractivity contribution >= 4 is 8.07 Å². The molecule has 1 rings (SSSR count). The number of rotatable bonds is 5. The first-order valence-electron chi connectivity index (χ1n) is 5.86. The predicted octanol–water partition coefficient (Wildman–Crippen LogP) is 3.59. The number of hydrogen-bond acceptors (Lipinski definition) is 1. The van der Waals surface area contributed by atoms with Gasteiger partial charge in [-0.15, -0.1) is 0 Å². The quantitative estimate of drug-likeness (QED) is 0.772. The van der Waals surface area contributed by atoms with Crippen LogP contribution in [-0.4, -0.2) is 19.8 Å². The van der Waals surface area contributed by atoms with E-state index < -0.39 is 8.07 Å². The smallest absolute Gasteiger partial charge is 0.0682 e. The van der Waals surface area contributed by atoms with Crippen molar-refractivity contribution < 1.29 is 5.11 Å². The van der Waals surface area contributed by atoms with Gasteiger partial charge in [0, 0.05) is 5.92 Å². The van der Waals surface area contributed by atoms with E-state index in [2.05, 4.69) is 43.5 Å². The zero-order valence-electron chi connectivity index (χ0n) is 10.5. The van der Waals surface area contributed by atoms with Crippen LogP contribution in [0.5, 0.6) is 0 Å². The molecule has 16 heavy (non-hydrogen) atoms. The summed E-state index contributed by atoms with van der Waals surface area (Å²) >= 11 is 0. The molecule has 0 amide bonds. The Hall–Kier alpha value is -0.863. The van der Waals surface area contributed by atoms with Gasteiger partial charge in [0.2, 0.25) is 0 Å². The van der Waals surface area contributed by atoms with Crippen LogP contribution in [0.3, 0.4) is 0 Å². The van der Waals surface area contributed by atoms with Crippen LogP contribution >= 0.6 is 0 Å². The van der Waals surface area contributed by atoms with Gasteiger partial charge in [-0.25, -0.2) is 0 Å². The Labute approximate surface area is 99.8 Å². The summed E-state index contributed by atoms with van der Waals surface area (Å²) in [6.45, 7) is 7.18. The molecule has 2 heteroatoms. The Balaban J connectivity index is 2.61. The van der Waals surface area contributed by atoms with Gasteiger partial charge in [-0.3, -0.25) is 0 Å². The van der Waals surface area contributed by atoms with E-state index in [1.54, 1.807) is 0 Å². The van der Waals surface area contributed by atoms with Crippen molar-refractivity contribution in [2.24, 2.45) is 0 Å². The summed E-state index contributed by atoms with van der Waals surface area (Å²) in [6.07, 6.45) is 3.17. The summed E-state index contributed by atoms with van der Waals surface area (Å²) < 4.78 is 0. The highest BCUT2D eigenvalue weighted by molar-refractivity contribution is 6.80. The van der Waals surface area contributed by atoms with Crippen molar-refractivity contribution in [2.75, 3.05) is 6.61 Å². The second-order valence-corrected chi connectivity index (χ2v) is 10.4. The van der Waals surface area contributed by atoms with Crippen LogP contribution in [0.25, 0.3) is 0 Å². The molecule has 0 heterocycles. The van der Waals surface area contributed by atoms with Crippen molar-refractivity contribution in [3.05, 3.63) is 47.7 Å². The number of hydrogen-bond donors (Lipinski definition) is 1. The summed E-state index contributed by atoms with van der Waals surface area (Å²) in [6, 6.07) is 10.2. The van der Waals surface area contributed by atoms with Crippen LogP contribution in [0.15, 0.2) is 42.1 Å². The molecule has 1 nitrogen and oxygen atoms in total. The van der Waals surface area contributed by atoms with E-state index in [1.165, 1.54) is 5.56 Å². The van der Waals surface area contributed by atoms with Crippen molar-refractivity contribution in [1.82, 2.24) is 0 Å². The van der Waals surface area contributed by atoms with Gasteiger partial charge in [0.1, 0.15) is 0 Å². The highest BCUT2D eigenvalue weighted by Crippen LogP contribution is 2.19. The zero-order valence-corrected chi connectivity index (χ0v) is 11.5. The minimum absolute atomic E-state index is 0.222. The van der Waals surface area contributed by atoms with Gasteiger partial charge in [-0.1, -0.05) is 61.7 Å². The maximum Gasteiger partial charge on any atom is 0.0682 e. The maximum atomic E-state index is 9.39. The lowest BCUT2D eigenvalue weighted by Gasteiger charge is -2.13. The highest BCUT2D eigenvalue weighted by atomic mass is 28.3. The van der Waals surface area contributed by atoms with Crippen LogP contribution in [0.1, 0.15) is 17.9 Å². The molecular formula is C14H22OSi. The molecule has 0 aliphatic rings. The molecule has 1 unspecified atom stereocenters. The first-order chi connectivity index (χ1) is 7.53. The number of allylic oxidation sites excluding steroid dienone is 1. The normalized spacial score (nSPS) is 14.2. The Morgan fingerprint density at radius 3 is 2.31 bits per heavy atom. The fourth-order valence-electron chi connectivity index (χ4n) is 1.63. The molecule has 0 radical (unpaired) electrons. The van der Waals surface area contributed by atoms with Gasteiger partial charge in [0.25, 0.3) is 0 Å². The van der Waals surface area contributed by atoms with Crippen LogP contribution in [0, 0.1) is 0 Å². The third-order valence-electron chi connectivity index (χ3n) is 2.53. The van der Waals surface area contributed by atoms with E-state index >= 15 is 0 Å². The number of benzene rings is 1. The van der Waals surface area contributed by atoms with Crippen molar-refractivity contribution in [3.63, 3.8) is 0 Å². The monoisotopic (exact) mass is 234 g/mol. The van der Waals surface area contributed by atoms with E-state index in [0.29, 0.717) is 0 Å². The number of aliphatic hydroxyl groups is 1. The molecule has 0 aliphatic carbocycles. The third-order valence-corrected chi connectivity index (χ3v) is 3.77. The lowest BCUT2D eigenvalue weighted by Crippen LogP contribution is -2.15. The summed E-state index contributed by atoms with van der Waals surface area (Å²) in [4.78, 5) is 0. The Bertz CT molecular complexity index is 324. The molecule has 0 aromatic heterocycles. The van der Waals surface area contributed by atoms with Gasteiger partial charge in [-0.05, 0) is 12.0 Å². The zero-order chi connectivity index (χ0) is 12.0. The fraction of sp³-hybridized carbons (Fsp3) is 0.429. The second kappa shape index (κ2) is 6.02. The maximum absolute atomic E-state index is 9.39. The molecule has 0 spiro atoms. The molecular weight excluding hydrogens is 212 g/mol. The standard InChI is InChI=1S/C14H22OSi/c1-16(2,3)11-7-10-14(12-15)13-8-5-4-6-9-13/h4-9,11,14-15H,10,12H2,1-3H3/b11-7-. The average molecular weight is 234 g/mol. The SMILES string of the molecule is C[Si](C)(C)/C=C\CC(CO)c1ccccc1. The first-order valence-corrected chi connectivity index (χ1v) is 9.44. The Morgan fingerprint density at radius 1 is 1.19 bits per heavy atom. The average Bonchev–Trinajstić information content (AvgIpc) is 2.24. The topological polar surface area (TPSA) is 20.2 Å². The van der Waals surface area contributed by atoms with E-state index in [-0.39, 0.29) is 12.5 Å². The van der Waals surface area contributed by atoms with Gasteiger partial charge < -0.3 is 5.11 Å². The highest BCUT2D eigenvalue weighted by Gasteiger charge is 2.10. The number of aliphatic hydroxyl groups excluding tert-OH is 1. The van der Waals surface area contributed by atoms with Crippen molar-refractivity contribution in [1.29, 1.82) is 0 Å². The van der Waals surface area contributed by atoms with Gasteiger partial charge in [0.05, 0.1) is 14.7 Å². The van der Waals surface area contributed by atoms with Crippen LogP contribution in [-0.2, 0) is 0 Å². The molecule has 1 aromatic carbocycles. The molecule has 1 atom stereocenters. The molecule has 0 aliphatic heterocycles. The molecule has 0 saturated heterocycles. The summed E-state index contributed by atoms with van der Waals surface area (Å²) in [5, 5.41) is 9.39. The largest absolute Gasteiger partial charge is 0.396 e. The van der Waals surface area contributed by atoms with E-state index in [9.17, 15) is 5.11 Å². The van der Waals surface area contributed by atoms with Gasteiger partial charge in [-0.2, -0.15) is 0 Å². The van der Waals surface area contributed by atoms with Gasteiger partial charge >= 0.3 is 0 Å². The Morgan fingerprint density at radius 2 is 1.81 bits per heavy atom. The van der Waals surface area contributed by atoms with Crippen molar-refractivity contribution in [3.8, 4) is 0 Å². The first kappa shape index (κ1) is 13.2. The van der Waals surface area contributed by atoms with Crippen LogP contribution in [0.4, 0.5) is 0 Å². The van der Waals surface area contributed by atoms with Crippen LogP contribution in [0.2, 0.25) is 19.6 Å². The van der Waals surface area contributed by atoms with Crippen LogP contribution < -0.4 is 0 Å². The van der Waals surface area contributed by atoms with E-state index in [1.807, 2.05) is 18.2 Å². The van der Waals surface area contributed by atoms with Crippen molar-refractivity contribution in [2.45, 2.75) is 32.0 Å². The Kier molecular flexibility index (Phi) is 4.96. The third kappa shape index (κ3) is 4.77. The lowest BCUT2D eigenvalue weighted by atomic mass is 9.97. The predicted molar refractivity (Wildman–Crippen MR) is 73.4 cm³/mol. The summed E-state index contributed by atoms with van der Waals surface area (Å²) in [5.74, 6) is 0.244. The molecule has 0 fully saturated rings. The van der Waals surface area contributed by atoms with Gasteiger partial charge in [0.15, 0.2) is 0 Å². The molecule has 0 bridgehead atoms. The summed E-state index contributed by atoms with van der Waals surface area (Å²) in [5.41, 5.74) is 3.57. The second-order valence-electron chi connectivity index (χ2n) is 5.29. The minimum atomic E-state index is -1.10. The molecule has 0 saturated carbocycles. The minimum Gasteiger partial charge on any atom is -0.396 e. The van der Waals surface area contributed by atoms with E-state index in [0.717, 1.165) is 6.42 Å².